The number of carbonyl (C=O) groups excluding carboxylic acids is 4. The Balaban J connectivity index is 1.21. The van der Waals surface area contributed by atoms with Gasteiger partial charge in [0.25, 0.3) is 0 Å². The van der Waals surface area contributed by atoms with Gasteiger partial charge in [0, 0.05) is 53.8 Å². The molecule has 1 spiro atoms. The Morgan fingerprint density at radius 3 is 2.62 bits per heavy atom. The second-order valence-corrected chi connectivity index (χ2v) is 14.7. The van der Waals surface area contributed by atoms with Crippen molar-refractivity contribution in [2.75, 3.05) is 18.5 Å². The number of aromatic nitrogens is 5. The number of fused-ring (bicyclic) bond motifs is 3. The summed E-state index contributed by atoms with van der Waals surface area (Å²) in [6, 6.07) is 8.07. The molecule has 1 saturated carbocycles. The standard InChI is InChI=1S/C36H37BrN8O5/c1-20(46)31-25-12-22(24-15-38-21(2)39-16-24)6-8-26(25)44(43-31)17-30(47)45-27-13-36(14-28(36)45)19-40-34(49)35(3,4)10-5-11-50-18-23-7-9-29(37)41-32(23)42-33(27)48/h5-10,12,15-16,27-28H,11,13-14,17-19H2,1-4H3,(H,40,49)(H,41,42,48)/b10-5+/t27-,28+,36-/m0/s1. The Morgan fingerprint density at radius 2 is 1.86 bits per heavy atom. The highest BCUT2D eigenvalue weighted by molar-refractivity contribution is 9.10. The first-order valence-electron chi connectivity index (χ1n) is 16.5. The molecule has 5 heterocycles. The van der Waals surface area contributed by atoms with Crippen LogP contribution in [0.25, 0.3) is 22.0 Å². The van der Waals surface area contributed by atoms with Gasteiger partial charge in [-0.2, -0.15) is 5.10 Å². The number of nitrogens with one attached hydrogen (secondary N) is 2. The lowest BCUT2D eigenvalue weighted by atomic mass is 9.91. The number of amides is 3. The highest BCUT2D eigenvalue weighted by Gasteiger charge is 2.67. The molecule has 50 heavy (non-hydrogen) atoms. The van der Waals surface area contributed by atoms with Crippen LogP contribution >= 0.6 is 15.9 Å². The van der Waals surface area contributed by atoms with Gasteiger partial charge in [-0.15, -0.1) is 0 Å². The summed E-state index contributed by atoms with van der Waals surface area (Å²) in [6.45, 7) is 7.50. The molecule has 3 aliphatic rings. The number of ether oxygens (including phenoxy) is 1. The summed E-state index contributed by atoms with van der Waals surface area (Å²) < 4.78 is 7.90. The predicted molar refractivity (Wildman–Crippen MR) is 188 cm³/mol. The zero-order chi connectivity index (χ0) is 35.4. The Labute approximate surface area is 297 Å². The van der Waals surface area contributed by atoms with Gasteiger partial charge in [0.2, 0.25) is 17.7 Å². The van der Waals surface area contributed by atoms with Gasteiger partial charge in [-0.05, 0) is 73.3 Å². The van der Waals surface area contributed by atoms with Gasteiger partial charge in [0.15, 0.2) is 5.78 Å². The SMILES string of the molecule is CC(=O)c1nn(CC(=O)N2[C@H]3C[C@@]4(CNC(=O)C(C)(C)/C=C/COCc5ccc(Br)nc5NC3=O)C[C@@H]24)c2ccc(-c3cnc(C)nc3)cc12. The highest BCUT2D eigenvalue weighted by Crippen LogP contribution is 2.59. The summed E-state index contributed by atoms with van der Waals surface area (Å²) in [5, 5.41) is 11.2. The minimum Gasteiger partial charge on any atom is -0.373 e. The molecule has 2 aliphatic heterocycles. The smallest absolute Gasteiger partial charge is 0.248 e. The quantitative estimate of drug-likeness (QED) is 0.176. The predicted octanol–water partition coefficient (Wildman–Crippen LogP) is 4.39. The van der Waals surface area contributed by atoms with Crippen LogP contribution in [-0.2, 0) is 32.3 Å². The number of anilines is 1. The molecular formula is C36H37BrN8O5. The molecule has 2 N–H and O–H groups in total. The maximum absolute atomic E-state index is 14.3. The normalized spacial score (nSPS) is 23.8. The molecule has 1 saturated heterocycles. The molecule has 7 rings (SSSR count). The lowest BCUT2D eigenvalue weighted by Gasteiger charge is -2.27. The zero-order valence-corrected chi connectivity index (χ0v) is 29.8. The van der Waals surface area contributed by atoms with E-state index in [-0.39, 0.29) is 55.0 Å². The lowest BCUT2D eigenvalue weighted by Crippen LogP contribution is -2.47. The average molecular weight is 742 g/mol. The van der Waals surface area contributed by atoms with E-state index in [1.54, 1.807) is 30.3 Å². The first kappa shape index (κ1) is 33.7. The fourth-order valence-electron chi connectivity index (χ4n) is 6.99. The minimum atomic E-state index is -0.823. The van der Waals surface area contributed by atoms with E-state index < -0.39 is 16.9 Å². The number of hydrogen-bond acceptors (Lipinski definition) is 9. The van der Waals surface area contributed by atoms with Crippen molar-refractivity contribution >= 4 is 56.2 Å². The molecule has 14 heteroatoms. The van der Waals surface area contributed by atoms with Crippen LogP contribution in [0.2, 0.25) is 0 Å². The van der Waals surface area contributed by atoms with Crippen molar-refractivity contribution in [1.82, 2.24) is 34.9 Å². The molecule has 258 valence electrons. The number of carbonyl (C=O) groups is 4. The number of halogens is 1. The van der Waals surface area contributed by atoms with Gasteiger partial charge in [0.05, 0.1) is 24.1 Å². The Kier molecular flexibility index (Phi) is 8.63. The molecule has 3 amide bonds. The van der Waals surface area contributed by atoms with Crippen LogP contribution in [0.5, 0.6) is 0 Å². The topological polar surface area (TPSA) is 161 Å². The van der Waals surface area contributed by atoms with Crippen LogP contribution in [-0.4, -0.2) is 78.4 Å². The van der Waals surface area contributed by atoms with Crippen molar-refractivity contribution in [2.45, 2.75) is 65.8 Å². The first-order chi connectivity index (χ1) is 23.8. The largest absolute Gasteiger partial charge is 0.373 e. The Bertz CT molecular complexity index is 2080. The summed E-state index contributed by atoms with van der Waals surface area (Å²) in [4.78, 5) is 69.1. The summed E-state index contributed by atoms with van der Waals surface area (Å²) in [6.07, 6.45) is 8.10. The minimum absolute atomic E-state index is 0.151. The fraction of sp³-hybridized carbons (Fsp3) is 0.389. The molecule has 3 atom stereocenters. The van der Waals surface area contributed by atoms with Gasteiger partial charge in [0.1, 0.15) is 34.5 Å². The molecule has 3 aromatic heterocycles. The molecule has 2 fully saturated rings. The number of Topliss-reactive ketones (excluding diaryl/α,β-unsaturated/α-hetero) is 1. The molecule has 1 aliphatic carbocycles. The highest BCUT2D eigenvalue weighted by atomic mass is 79.9. The van der Waals surface area contributed by atoms with E-state index in [1.165, 1.54) is 11.6 Å². The summed E-state index contributed by atoms with van der Waals surface area (Å²) >= 11 is 3.40. The summed E-state index contributed by atoms with van der Waals surface area (Å²) in [5.41, 5.74) is 1.87. The number of hydrogen-bond donors (Lipinski definition) is 2. The number of likely N-dealkylation sites (tertiary alicyclic amines) is 1. The number of piperidine rings is 1. The zero-order valence-electron chi connectivity index (χ0n) is 28.2. The summed E-state index contributed by atoms with van der Waals surface area (Å²) in [7, 11) is 0. The maximum Gasteiger partial charge on any atom is 0.248 e. The van der Waals surface area contributed by atoms with Crippen LogP contribution in [0.15, 0.2) is 59.5 Å². The lowest BCUT2D eigenvalue weighted by molar-refractivity contribution is -0.138. The molecular weight excluding hydrogens is 704 g/mol. The van der Waals surface area contributed by atoms with E-state index in [0.29, 0.717) is 52.1 Å². The second-order valence-electron chi connectivity index (χ2n) is 13.9. The maximum atomic E-state index is 14.3. The molecule has 0 radical (unpaired) electrons. The van der Waals surface area contributed by atoms with Crippen LogP contribution in [0, 0.1) is 17.8 Å². The number of nitrogens with zero attached hydrogens (tertiary/aromatic N) is 6. The van der Waals surface area contributed by atoms with Gasteiger partial charge < -0.3 is 20.3 Å². The van der Waals surface area contributed by atoms with E-state index in [1.807, 2.05) is 50.3 Å². The average Bonchev–Trinajstić information content (AvgIpc) is 3.50. The number of benzene rings is 1. The number of pyridine rings is 1. The van der Waals surface area contributed by atoms with Crippen molar-refractivity contribution in [1.29, 1.82) is 0 Å². The third kappa shape index (κ3) is 6.33. The Morgan fingerprint density at radius 1 is 1.08 bits per heavy atom. The van der Waals surface area contributed by atoms with E-state index in [4.69, 9.17) is 4.74 Å². The molecule has 4 aromatic rings. The van der Waals surface area contributed by atoms with Crippen LogP contribution in [0.3, 0.4) is 0 Å². The molecule has 1 aromatic carbocycles. The fourth-order valence-corrected chi connectivity index (χ4v) is 7.30. The van der Waals surface area contributed by atoms with Crippen molar-refractivity contribution in [3.05, 3.63) is 76.6 Å². The van der Waals surface area contributed by atoms with E-state index in [2.05, 4.69) is 46.6 Å². The van der Waals surface area contributed by atoms with Gasteiger partial charge >= 0.3 is 0 Å². The third-order valence-electron chi connectivity index (χ3n) is 9.87. The molecule has 13 nitrogen and oxygen atoms in total. The summed E-state index contributed by atoms with van der Waals surface area (Å²) in [5.74, 6) is -0.0951. The van der Waals surface area contributed by atoms with Gasteiger partial charge in [-0.3, -0.25) is 23.9 Å². The van der Waals surface area contributed by atoms with Crippen molar-refractivity contribution in [3.63, 3.8) is 0 Å². The van der Waals surface area contributed by atoms with Crippen LogP contribution < -0.4 is 10.6 Å². The molecule has 0 unspecified atom stereocenters. The number of aryl methyl sites for hydroxylation is 1. The van der Waals surface area contributed by atoms with Crippen molar-refractivity contribution in [2.24, 2.45) is 10.8 Å². The van der Waals surface area contributed by atoms with Crippen molar-refractivity contribution < 1.29 is 23.9 Å². The molecule has 2 bridgehead atoms. The second kappa shape index (κ2) is 12.8. The van der Waals surface area contributed by atoms with Crippen molar-refractivity contribution in [3.8, 4) is 11.1 Å². The first-order valence-corrected chi connectivity index (χ1v) is 17.3. The van der Waals surface area contributed by atoms with Crippen LogP contribution in [0.1, 0.15) is 55.5 Å². The van der Waals surface area contributed by atoms with E-state index in [9.17, 15) is 19.2 Å². The van der Waals surface area contributed by atoms with Gasteiger partial charge in [-0.1, -0.05) is 24.3 Å². The van der Waals surface area contributed by atoms with Crippen LogP contribution in [0.4, 0.5) is 5.82 Å². The third-order valence-corrected chi connectivity index (χ3v) is 10.3. The monoisotopic (exact) mass is 740 g/mol. The Hall–Kier alpha value is -4.82. The van der Waals surface area contributed by atoms with E-state index in [0.717, 1.165) is 11.1 Å². The van der Waals surface area contributed by atoms with Gasteiger partial charge in [-0.25, -0.2) is 15.0 Å². The number of ketones is 1. The van der Waals surface area contributed by atoms with E-state index >= 15 is 0 Å². The number of rotatable bonds is 4.